The maximum atomic E-state index is 13.7. The quantitative estimate of drug-likeness (QED) is 0.749. The Kier molecular flexibility index (Phi) is 3.62. The van der Waals surface area contributed by atoms with Crippen LogP contribution in [0.3, 0.4) is 0 Å². The molecule has 0 radical (unpaired) electrons. The summed E-state index contributed by atoms with van der Waals surface area (Å²) in [4.78, 5) is 9.11. The highest BCUT2D eigenvalue weighted by Gasteiger charge is 2.11. The van der Waals surface area contributed by atoms with Crippen LogP contribution in [0.2, 0.25) is 0 Å². The fraction of sp³-hybridized carbons (Fsp3) is 0.0667. The molecule has 0 fully saturated rings. The van der Waals surface area contributed by atoms with Crippen LogP contribution in [-0.4, -0.2) is 15.1 Å². The molecular formula is C15H11FN2OS. The van der Waals surface area contributed by atoms with E-state index in [-0.39, 0.29) is 6.61 Å². The Labute approximate surface area is 119 Å². The van der Waals surface area contributed by atoms with Crippen LogP contribution in [0.4, 0.5) is 4.39 Å². The molecule has 1 aromatic heterocycles. The monoisotopic (exact) mass is 286 g/mol. The molecule has 3 nitrogen and oxygen atoms in total. The van der Waals surface area contributed by atoms with Gasteiger partial charge in [-0.1, -0.05) is 36.0 Å². The molecule has 2 aromatic carbocycles. The summed E-state index contributed by atoms with van der Waals surface area (Å²) in [5.41, 5.74) is 1.13. The molecule has 3 aromatic rings. The van der Waals surface area contributed by atoms with E-state index in [1.165, 1.54) is 24.2 Å². The summed E-state index contributed by atoms with van der Waals surface area (Å²) in [6.45, 7) is -0.335. The summed E-state index contributed by atoms with van der Waals surface area (Å²) in [6.07, 6.45) is 1.49. The van der Waals surface area contributed by atoms with Crippen molar-refractivity contribution in [2.75, 3.05) is 0 Å². The number of aliphatic hydroxyl groups is 1. The Bertz CT molecular complexity index is 758. The maximum Gasteiger partial charge on any atom is 0.129 e. The third-order valence-corrected chi connectivity index (χ3v) is 4.07. The van der Waals surface area contributed by atoms with E-state index >= 15 is 0 Å². The summed E-state index contributed by atoms with van der Waals surface area (Å²) in [6, 6.07) is 12.4. The first-order valence-electron chi connectivity index (χ1n) is 6.05. The highest BCUT2D eigenvalue weighted by Crippen LogP contribution is 2.33. The second-order valence-corrected chi connectivity index (χ2v) is 5.20. The van der Waals surface area contributed by atoms with E-state index in [9.17, 15) is 9.50 Å². The highest BCUT2D eigenvalue weighted by atomic mass is 32.2. The Balaban J connectivity index is 2.08. The van der Waals surface area contributed by atoms with Gasteiger partial charge in [-0.25, -0.2) is 14.4 Å². The molecule has 0 spiro atoms. The maximum absolute atomic E-state index is 13.7. The predicted molar refractivity (Wildman–Crippen MR) is 76.0 cm³/mol. The van der Waals surface area contributed by atoms with Crippen LogP contribution in [0.15, 0.2) is 58.7 Å². The van der Waals surface area contributed by atoms with Crippen molar-refractivity contribution in [3.63, 3.8) is 0 Å². The lowest BCUT2D eigenvalue weighted by Gasteiger charge is -2.08. The molecular weight excluding hydrogens is 275 g/mol. The van der Waals surface area contributed by atoms with E-state index in [2.05, 4.69) is 9.97 Å². The first-order valence-corrected chi connectivity index (χ1v) is 6.87. The predicted octanol–water partition coefficient (Wildman–Crippen LogP) is 3.41. The number of para-hydroxylation sites is 1. The van der Waals surface area contributed by atoms with Gasteiger partial charge in [0, 0.05) is 15.8 Å². The van der Waals surface area contributed by atoms with Gasteiger partial charge in [-0.15, -0.1) is 0 Å². The average Bonchev–Trinajstić information content (AvgIpc) is 2.48. The Hall–Kier alpha value is -1.98. The molecule has 0 unspecified atom stereocenters. The zero-order valence-corrected chi connectivity index (χ0v) is 11.3. The van der Waals surface area contributed by atoms with Crippen LogP contribution in [0.5, 0.6) is 0 Å². The van der Waals surface area contributed by atoms with Crippen molar-refractivity contribution in [2.24, 2.45) is 0 Å². The average molecular weight is 286 g/mol. The number of halogens is 1. The minimum atomic E-state index is -0.407. The fourth-order valence-corrected chi connectivity index (χ4v) is 2.98. The molecule has 5 heteroatoms. The van der Waals surface area contributed by atoms with Gasteiger partial charge in [-0.3, -0.25) is 0 Å². The standard InChI is InChI=1S/C15H11FN2OS/c16-12-5-3-7-14(11(12)8-19)20-15-10-4-1-2-6-13(10)17-9-18-15/h1-7,9,19H,8H2. The molecule has 0 saturated heterocycles. The van der Waals surface area contributed by atoms with Crippen molar-refractivity contribution < 1.29 is 9.50 Å². The minimum Gasteiger partial charge on any atom is -0.392 e. The lowest BCUT2D eigenvalue weighted by Crippen LogP contribution is -1.94. The van der Waals surface area contributed by atoms with Crippen molar-refractivity contribution in [1.82, 2.24) is 9.97 Å². The van der Waals surface area contributed by atoms with Gasteiger partial charge < -0.3 is 5.11 Å². The molecule has 0 atom stereocenters. The molecule has 100 valence electrons. The SMILES string of the molecule is OCc1c(F)cccc1Sc1ncnc2ccccc12. The van der Waals surface area contributed by atoms with E-state index in [1.807, 2.05) is 24.3 Å². The number of fused-ring (bicyclic) bond motifs is 1. The Morgan fingerprint density at radius 3 is 2.75 bits per heavy atom. The first-order chi connectivity index (χ1) is 9.79. The zero-order valence-electron chi connectivity index (χ0n) is 10.5. The molecule has 20 heavy (non-hydrogen) atoms. The van der Waals surface area contributed by atoms with E-state index in [0.29, 0.717) is 10.5 Å². The Morgan fingerprint density at radius 2 is 1.90 bits per heavy atom. The van der Waals surface area contributed by atoms with Crippen LogP contribution >= 0.6 is 11.8 Å². The first kappa shape index (κ1) is 13.0. The molecule has 1 N–H and O–H groups in total. The number of aromatic nitrogens is 2. The number of benzene rings is 2. The number of aliphatic hydroxyl groups excluding tert-OH is 1. The van der Waals surface area contributed by atoms with Gasteiger partial charge >= 0.3 is 0 Å². The smallest absolute Gasteiger partial charge is 0.129 e. The number of hydrogen-bond acceptors (Lipinski definition) is 4. The number of hydrogen-bond donors (Lipinski definition) is 1. The minimum absolute atomic E-state index is 0.292. The van der Waals surface area contributed by atoms with Gasteiger partial charge in [0.2, 0.25) is 0 Å². The van der Waals surface area contributed by atoms with Gasteiger partial charge in [0.25, 0.3) is 0 Å². The summed E-state index contributed by atoms with van der Waals surface area (Å²) >= 11 is 1.33. The molecule has 1 heterocycles. The van der Waals surface area contributed by atoms with Gasteiger partial charge in [-0.2, -0.15) is 0 Å². The van der Waals surface area contributed by atoms with Gasteiger partial charge in [0.15, 0.2) is 0 Å². The van der Waals surface area contributed by atoms with Crippen molar-refractivity contribution in [3.05, 3.63) is 60.2 Å². The summed E-state index contributed by atoms with van der Waals surface area (Å²) < 4.78 is 13.7. The third kappa shape index (κ3) is 2.37. The molecule has 0 bridgehead atoms. The molecule has 0 saturated carbocycles. The normalized spacial score (nSPS) is 10.9. The van der Waals surface area contributed by atoms with Crippen LogP contribution in [0, 0.1) is 5.82 Å². The van der Waals surface area contributed by atoms with E-state index in [0.717, 1.165) is 15.9 Å². The molecule has 0 aliphatic heterocycles. The van der Waals surface area contributed by atoms with Crippen molar-refractivity contribution >= 4 is 22.7 Å². The second-order valence-electron chi connectivity index (χ2n) is 4.17. The van der Waals surface area contributed by atoms with Crippen molar-refractivity contribution in [3.8, 4) is 0 Å². The lowest BCUT2D eigenvalue weighted by atomic mass is 10.2. The van der Waals surface area contributed by atoms with E-state index in [1.54, 1.807) is 12.1 Å². The van der Waals surface area contributed by atoms with Crippen LogP contribution < -0.4 is 0 Å². The Morgan fingerprint density at radius 1 is 1.05 bits per heavy atom. The number of rotatable bonds is 3. The summed E-state index contributed by atoms with van der Waals surface area (Å²) in [5, 5.41) is 11.0. The second kappa shape index (κ2) is 5.56. The van der Waals surface area contributed by atoms with Crippen LogP contribution in [-0.2, 0) is 6.61 Å². The zero-order chi connectivity index (χ0) is 13.9. The largest absolute Gasteiger partial charge is 0.392 e. The third-order valence-electron chi connectivity index (χ3n) is 2.95. The van der Waals surface area contributed by atoms with Gasteiger partial charge in [0.1, 0.15) is 17.2 Å². The van der Waals surface area contributed by atoms with Crippen LogP contribution in [0.1, 0.15) is 5.56 Å². The highest BCUT2D eigenvalue weighted by molar-refractivity contribution is 7.99. The van der Waals surface area contributed by atoms with Gasteiger partial charge in [-0.05, 0) is 18.2 Å². The number of nitrogens with zero attached hydrogens (tertiary/aromatic N) is 2. The van der Waals surface area contributed by atoms with Crippen molar-refractivity contribution in [2.45, 2.75) is 16.5 Å². The van der Waals surface area contributed by atoms with E-state index < -0.39 is 5.82 Å². The molecule has 0 aliphatic carbocycles. The fourth-order valence-electron chi connectivity index (χ4n) is 1.95. The molecule has 0 aliphatic rings. The van der Waals surface area contributed by atoms with Gasteiger partial charge in [0.05, 0.1) is 12.1 Å². The molecule has 3 rings (SSSR count). The van der Waals surface area contributed by atoms with Crippen molar-refractivity contribution in [1.29, 1.82) is 0 Å². The summed E-state index contributed by atoms with van der Waals surface area (Å²) in [5.74, 6) is -0.407. The lowest BCUT2D eigenvalue weighted by molar-refractivity contribution is 0.272. The van der Waals surface area contributed by atoms with Crippen LogP contribution in [0.25, 0.3) is 10.9 Å². The molecule has 0 amide bonds. The topological polar surface area (TPSA) is 46.0 Å². The van der Waals surface area contributed by atoms with E-state index in [4.69, 9.17) is 0 Å². The summed E-state index contributed by atoms with van der Waals surface area (Å²) in [7, 11) is 0.